The molecule has 1 N–H and O–H groups in total. The largest absolute Gasteiger partial charge is 0.497 e. The summed E-state index contributed by atoms with van der Waals surface area (Å²) in [6.07, 6.45) is 1.88. The summed E-state index contributed by atoms with van der Waals surface area (Å²) in [6, 6.07) is 12.3. The summed E-state index contributed by atoms with van der Waals surface area (Å²) in [5.74, 6) is 2.82. The van der Waals surface area contributed by atoms with Crippen molar-refractivity contribution in [3.8, 4) is 5.75 Å². The minimum atomic E-state index is 0.602. The smallest absolute Gasteiger partial charge is 0.194 e. The average Bonchev–Trinajstić information content (AvgIpc) is 2.78. The Hall–Kier alpha value is -2.80. The van der Waals surface area contributed by atoms with E-state index in [9.17, 15) is 0 Å². The van der Waals surface area contributed by atoms with E-state index in [0.29, 0.717) is 6.54 Å². The number of likely N-dealkylation sites (N-methyl/N-ethyl adjacent to an activating group) is 1. The lowest BCUT2D eigenvalue weighted by Gasteiger charge is -2.34. The van der Waals surface area contributed by atoms with Crippen LogP contribution in [0.25, 0.3) is 0 Å². The van der Waals surface area contributed by atoms with Gasteiger partial charge in [0.25, 0.3) is 0 Å². The molecule has 0 saturated carbocycles. The maximum atomic E-state index is 5.25. The first-order valence-electron chi connectivity index (χ1n) is 10.6. The SMILES string of the molecule is CCNC(=NCc1cccnc1N1CCN(C)CC1)N(C)Cc1ccc(OC)cc1. The highest BCUT2D eigenvalue weighted by Gasteiger charge is 2.18. The molecule has 7 nitrogen and oxygen atoms in total. The van der Waals surface area contributed by atoms with Crippen LogP contribution < -0.4 is 15.0 Å². The van der Waals surface area contributed by atoms with Gasteiger partial charge in [-0.2, -0.15) is 0 Å². The van der Waals surface area contributed by atoms with Crippen molar-refractivity contribution in [2.75, 3.05) is 58.8 Å². The van der Waals surface area contributed by atoms with E-state index >= 15 is 0 Å². The van der Waals surface area contributed by atoms with Crippen LogP contribution in [-0.2, 0) is 13.1 Å². The summed E-state index contributed by atoms with van der Waals surface area (Å²) in [5.41, 5.74) is 2.37. The van der Waals surface area contributed by atoms with Crippen LogP contribution in [0.2, 0.25) is 0 Å². The predicted octanol–water partition coefficient (Wildman–Crippen LogP) is 2.44. The molecule has 0 amide bonds. The molecule has 7 heteroatoms. The number of hydrogen-bond donors (Lipinski definition) is 1. The molecule has 162 valence electrons. The van der Waals surface area contributed by atoms with Gasteiger partial charge in [0, 0.05) is 58.1 Å². The number of aromatic nitrogens is 1. The Bertz CT molecular complexity index is 815. The summed E-state index contributed by atoms with van der Waals surface area (Å²) < 4.78 is 5.25. The van der Waals surface area contributed by atoms with Gasteiger partial charge in [-0.05, 0) is 37.7 Å². The topological polar surface area (TPSA) is 56.2 Å². The Morgan fingerprint density at radius 3 is 2.57 bits per heavy atom. The minimum absolute atomic E-state index is 0.602. The second-order valence-corrected chi connectivity index (χ2v) is 7.65. The molecule has 0 radical (unpaired) electrons. The van der Waals surface area contributed by atoms with Crippen molar-refractivity contribution < 1.29 is 4.74 Å². The van der Waals surface area contributed by atoms with Crippen molar-refractivity contribution >= 4 is 11.8 Å². The Morgan fingerprint density at radius 1 is 1.17 bits per heavy atom. The molecular weight excluding hydrogens is 376 g/mol. The van der Waals surface area contributed by atoms with Gasteiger partial charge in [0.1, 0.15) is 11.6 Å². The number of nitrogens with one attached hydrogen (secondary N) is 1. The van der Waals surface area contributed by atoms with E-state index in [0.717, 1.165) is 62.4 Å². The fraction of sp³-hybridized carbons (Fsp3) is 0.478. The zero-order valence-corrected chi connectivity index (χ0v) is 18.6. The standard InChI is InChI=1S/C23H34N6O/c1-5-24-23(28(3)18-19-8-10-21(30-4)11-9-19)26-17-20-7-6-12-25-22(20)29-15-13-27(2)14-16-29/h6-12H,5,13-18H2,1-4H3,(H,24,26). The Kier molecular flexibility index (Phi) is 7.90. The monoisotopic (exact) mass is 410 g/mol. The lowest BCUT2D eigenvalue weighted by Crippen LogP contribution is -2.45. The first-order chi connectivity index (χ1) is 14.6. The van der Waals surface area contributed by atoms with Gasteiger partial charge in [-0.15, -0.1) is 0 Å². The van der Waals surface area contributed by atoms with Crippen LogP contribution in [0, 0.1) is 0 Å². The number of piperazine rings is 1. The molecule has 0 bridgehead atoms. The molecule has 2 aromatic rings. The highest BCUT2D eigenvalue weighted by atomic mass is 16.5. The van der Waals surface area contributed by atoms with Crippen molar-refractivity contribution in [1.82, 2.24) is 20.1 Å². The Morgan fingerprint density at radius 2 is 1.90 bits per heavy atom. The average molecular weight is 411 g/mol. The molecule has 0 atom stereocenters. The molecule has 0 aliphatic carbocycles. The summed E-state index contributed by atoms with van der Waals surface area (Å²) in [4.78, 5) is 16.5. The predicted molar refractivity (Wildman–Crippen MR) is 123 cm³/mol. The molecular formula is C23H34N6O. The van der Waals surface area contributed by atoms with Crippen molar-refractivity contribution in [3.63, 3.8) is 0 Å². The number of ether oxygens (including phenoxy) is 1. The van der Waals surface area contributed by atoms with Gasteiger partial charge >= 0.3 is 0 Å². The molecule has 1 saturated heterocycles. The summed E-state index contributed by atoms with van der Waals surface area (Å²) in [7, 11) is 5.92. The third-order valence-corrected chi connectivity index (χ3v) is 5.34. The highest BCUT2D eigenvalue weighted by Crippen LogP contribution is 2.20. The van der Waals surface area contributed by atoms with E-state index in [-0.39, 0.29) is 0 Å². The fourth-order valence-electron chi connectivity index (χ4n) is 3.57. The van der Waals surface area contributed by atoms with Gasteiger partial charge in [-0.3, -0.25) is 0 Å². The second kappa shape index (κ2) is 10.8. The molecule has 3 rings (SSSR count). The van der Waals surface area contributed by atoms with Crippen LogP contribution in [0.15, 0.2) is 47.6 Å². The van der Waals surface area contributed by atoms with Crippen molar-refractivity contribution in [1.29, 1.82) is 0 Å². The van der Waals surface area contributed by atoms with E-state index < -0.39 is 0 Å². The number of nitrogens with zero attached hydrogens (tertiary/aromatic N) is 5. The number of guanidine groups is 1. The van der Waals surface area contributed by atoms with Crippen LogP contribution in [0.5, 0.6) is 5.75 Å². The quantitative estimate of drug-likeness (QED) is 0.559. The zero-order chi connectivity index (χ0) is 21.3. The molecule has 1 aromatic carbocycles. The normalized spacial score (nSPS) is 15.2. The fourth-order valence-corrected chi connectivity index (χ4v) is 3.57. The highest BCUT2D eigenvalue weighted by molar-refractivity contribution is 5.79. The maximum absolute atomic E-state index is 5.25. The van der Waals surface area contributed by atoms with Gasteiger partial charge in [-0.25, -0.2) is 9.98 Å². The van der Waals surface area contributed by atoms with Gasteiger partial charge in [-0.1, -0.05) is 18.2 Å². The van der Waals surface area contributed by atoms with Crippen molar-refractivity contribution in [2.24, 2.45) is 4.99 Å². The maximum Gasteiger partial charge on any atom is 0.194 e. The molecule has 1 aliphatic rings. The van der Waals surface area contributed by atoms with Gasteiger partial charge < -0.3 is 24.8 Å². The number of benzene rings is 1. The molecule has 1 aromatic heterocycles. The Labute approximate surface area is 180 Å². The van der Waals surface area contributed by atoms with E-state index in [1.54, 1.807) is 7.11 Å². The third kappa shape index (κ3) is 5.86. The number of anilines is 1. The van der Waals surface area contributed by atoms with Crippen LogP contribution in [0.1, 0.15) is 18.1 Å². The lowest BCUT2D eigenvalue weighted by molar-refractivity contribution is 0.312. The summed E-state index contributed by atoms with van der Waals surface area (Å²) in [6.45, 7) is 8.42. The number of pyridine rings is 1. The number of methoxy groups -OCH3 is 1. The molecule has 2 heterocycles. The van der Waals surface area contributed by atoms with Crippen LogP contribution in [0.4, 0.5) is 5.82 Å². The van der Waals surface area contributed by atoms with E-state index in [4.69, 9.17) is 9.73 Å². The van der Waals surface area contributed by atoms with E-state index in [2.05, 4.69) is 64.2 Å². The van der Waals surface area contributed by atoms with Crippen molar-refractivity contribution in [2.45, 2.75) is 20.0 Å². The number of aliphatic imine (C=N–C) groups is 1. The van der Waals surface area contributed by atoms with E-state index in [1.807, 2.05) is 24.4 Å². The molecule has 0 spiro atoms. The molecule has 1 aliphatic heterocycles. The first-order valence-corrected chi connectivity index (χ1v) is 10.6. The van der Waals surface area contributed by atoms with Gasteiger partial charge in [0.05, 0.1) is 13.7 Å². The van der Waals surface area contributed by atoms with Crippen molar-refractivity contribution in [3.05, 3.63) is 53.7 Å². The lowest BCUT2D eigenvalue weighted by atomic mass is 10.2. The minimum Gasteiger partial charge on any atom is -0.497 e. The van der Waals surface area contributed by atoms with E-state index in [1.165, 1.54) is 5.56 Å². The molecule has 30 heavy (non-hydrogen) atoms. The first kappa shape index (κ1) is 21.9. The number of rotatable bonds is 7. The van der Waals surface area contributed by atoms with Crippen LogP contribution in [-0.4, -0.2) is 74.7 Å². The second-order valence-electron chi connectivity index (χ2n) is 7.65. The third-order valence-electron chi connectivity index (χ3n) is 5.34. The number of hydrogen-bond acceptors (Lipinski definition) is 5. The zero-order valence-electron chi connectivity index (χ0n) is 18.6. The van der Waals surface area contributed by atoms with Gasteiger partial charge in [0.2, 0.25) is 0 Å². The molecule has 1 fully saturated rings. The summed E-state index contributed by atoms with van der Waals surface area (Å²) in [5, 5.41) is 3.41. The Balaban J connectivity index is 1.71. The summed E-state index contributed by atoms with van der Waals surface area (Å²) >= 11 is 0. The molecule has 0 unspecified atom stereocenters. The van der Waals surface area contributed by atoms with Gasteiger partial charge in [0.15, 0.2) is 5.96 Å². The van der Waals surface area contributed by atoms with Crippen LogP contribution >= 0.6 is 0 Å². The van der Waals surface area contributed by atoms with Crippen LogP contribution in [0.3, 0.4) is 0 Å².